The van der Waals surface area contributed by atoms with Gasteiger partial charge in [0.15, 0.2) is 16.8 Å². The fourth-order valence-corrected chi connectivity index (χ4v) is 3.88. The van der Waals surface area contributed by atoms with Gasteiger partial charge < -0.3 is 9.30 Å². The van der Waals surface area contributed by atoms with Crippen LogP contribution in [0.25, 0.3) is 10.7 Å². The lowest BCUT2D eigenvalue weighted by Crippen LogP contribution is -2.14. The van der Waals surface area contributed by atoms with E-state index < -0.39 is 0 Å². The van der Waals surface area contributed by atoms with Crippen LogP contribution < -0.4 is 4.74 Å². The normalized spacial score (nSPS) is 12.1. The topological polar surface area (TPSA) is 57.0 Å². The van der Waals surface area contributed by atoms with Crippen molar-refractivity contribution in [2.24, 2.45) is 7.05 Å². The molecular weight excluding hydrogens is 342 g/mol. The summed E-state index contributed by atoms with van der Waals surface area (Å²) in [6.07, 6.45) is 0. The molecule has 1 atom stereocenters. The van der Waals surface area contributed by atoms with Crippen molar-refractivity contribution in [3.05, 3.63) is 47.3 Å². The first kappa shape index (κ1) is 16.7. The maximum Gasteiger partial charge on any atom is 0.191 e. The first-order valence-electron chi connectivity index (χ1n) is 7.38. The Bertz CT molecular complexity index is 826. The summed E-state index contributed by atoms with van der Waals surface area (Å²) in [5.41, 5.74) is 0.663. The van der Waals surface area contributed by atoms with Crippen molar-refractivity contribution in [1.82, 2.24) is 14.8 Å². The predicted molar refractivity (Wildman–Crippen MR) is 97.0 cm³/mol. The van der Waals surface area contributed by atoms with Crippen molar-refractivity contribution in [3.63, 3.8) is 0 Å². The zero-order valence-corrected chi connectivity index (χ0v) is 15.2. The van der Waals surface area contributed by atoms with E-state index in [4.69, 9.17) is 4.74 Å². The van der Waals surface area contributed by atoms with Crippen LogP contribution in [0.4, 0.5) is 0 Å². The third-order valence-corrected chi connectivity index (χ3v) is 5.60. The number of benzene rings is 1. The molecular formula is C17H17N3O2S2. The van der Waals surface area contributed by atoms with Crippen LogP contribution in [0.3, 0.4) is 0 Å². The number of nitrogens with zero attached hydrogens (tertiary/aromatic N) is 3. The highest BCUT2D eigenvalue weighted by Crippen LogP contribution is 2.29. The highest BCUT2D eigenvalue weighted by molar-refractivity contribution is 8.00. The van der Waals surface area contributed by atoms with Gasteiger partial charge in [-0.1, -0.05) is 17.8 Å². The summed E-state index contributed by atoms with van der Waals surface area (Å²) in [4.78, 5) is 13.6. The Morgan fingerprint density at radius 3 is 2.62 bits per heavy atom. The first-order chi connectivity index (χ1) is 11.6. The molecule has 3 rings (SSSR count). The highest BCUT2D eigenvalue weighted by Gasteiger charge is 2.20. The maximum atomic E-state index is 12.6. The lowest BCUT2D eigenvalue weighted by molar-refractivity contribution is 0.0994. The smallest absolute Gasteiger partial charge is 0.191 e. The first-order valence-corrected chi connectivity index (χ1v) is 9.14. The zero-order chi connectivity index (χ0) is 17.1. The Kier molecular flexibility index (Phi) is 5.01. The number of Topliss-reactive ketones (excluding diaryl/α,β-unsaturated/α-hetero) is 1. The number of ether oxygens (including phenoxy) is 1. The van der Waals surface area contributed by atoms with Crippen LogP contribution in [-0.4, -0.2) is 32.9 Å². The van der Waals surface area contributed by atoms with Crippen LogP contribution in [-0.2, 0) is 7.05 Å². The second kappa shape index (κ2) is 7.19. The molecule has 0 aliphatic rings. The molecule has 0 unspecified atom stereocenters. The molecule has 24 heavy (non-hydrogen) atoms. The SMILES string of the molecule is COc1ccc(C(=O)[C@@H](C)Sc2nnc(-c3cccs3)n2C)cc1. The monoisotopic (exact) mass is 359 g/mol. The van der Waals surface area contributed by atoms with Crippen LogP contribution >= 0.6 is 23.1 Å². The van der Waals surface area contributed by atoms with Gasteiger partial charge in [0.05, 0.1) is 17.2 Å². The molecule has 0 aliphatic carbocycles. The Hall–Kier alpha value is -2.12. The summed E-state index contributed by atoms with van der Waals surface area (Å²) < 4.78 is 7.05. The second-order valence-electron chi connectivity index (χ2n) is 5.20. The average Bonchev–Trinajstić information content (AvgIpc) is 3.25. The second-order valence-corrected chi connectivity index (χ2v) is 7.45. The van der Waals surface area contributed by atoms with Crippen molar-refractivity contribution < 1.29 is 9.53 Å². The molecule has 0 saturated carbocycles. The van der Waals surface area contributed by atoms with E-state index in [1.165, 1.54) is 11.8 Å². The predicted octanol–water partition coefficient (Wildman–Crippen LogP) is 3.92. The molecule has 0 amide bonds. The van der Waals surface area contributed by atoms with Crippen LogP contribution in [0.5, 0.6) is 5.75 Å². The molecule has 0 saturated heterocycles. The van der Waals surface area contributed by atoms with E-state index in [0.717, 1.165) is 21.6 Å². The van der Waals surface area contributed by atoms with Crippen LogP contribution in [0, 0.1) is 0 Å². The van der Waals surface area contributed by atoms with Crippen molar-refractivity contribution in [3.8, 4) is 16.5 Å². The fourth-order valence-electron chi connectivity index (χ4n) is 2.24. The van der Waals surface area contributed by atoms with Gasteiger partial charge in [-0.15, -0.1) is 21.5 Å². The standard InChI is InChI=1S/C17H17N3O2S2/c1-11(15(21)12-6-8-13(22-3)9-7-12)24-17-19-18-16(20(17)2)14-5-4-10-23-14/h4-11H,1-3H3/t11-/m1/s1. The summed E-state index contributed by atoms with van der Waals surface area (Å²) in [6, 6.07) is 11.1. The number of hydrogen-bond acceptors (Lipinski definition) is 6. The van der Waals surface area contributed by atoms with Crippen LogP contribution in [0.1, 0.15) is 17.3 Å². The molecule has 5 nitrogen and oxygen atoms in total. The summed E-state index contributed by atoms with van der Waals surface area (Å²) >= 11 is 3.03. The third-order valence-electron chi connectivity index (χ3n) is 3.60. The van der Waals surface area contributed by atoms with E-state index in [9.17, 15) is 4.79 Å². The molecule has 3 aromatic rings. The summed E-state index contributed by atoms with van der Waals surface area (Å²) in [7, 11) is 3.52. The number of carbonyl (C=O) groups is 1. The van der Waals surface area contributed by atoms with E-state index in [1.54, 1.807) is 42.7 Å². The molecule has 2 heterocycles. The molecule has 124 valence electrons. The molecule has 0 bridgehead atoms. The number of thioether (sulfide) groups is 1. The molecule has 0 spiro atoms. The van der Waals surface area contributed by atoms with Crippen molar-refractivity contribution >= 4 is 28.9 Å². The van der Waals surface area contributed by atoms with E-state index in [2.05, 4.69) is 10.2 Å². The Morgan fingerprint density at radius 1 is 1.25 bits per heavy atom. The Balaban J connectivity index is 1.74. The van der Waals surface area contributed by atoms with Crippen molar-refractivity contribution in [2.45, 2.75) is 17.3 Å². The minimum Gasteiger partial charge on any atom is -0.497 e. The lowest BCUT2D eigenvalue weighted by Gasteiger charge is -2.10. The number of aromatic nitrogens is 3. The Labute approximate surface area is 148 Å². The van der Waals surface area contributed by atoms with Crippen LogP contribution in [0.2, 0.25) is 0 Å². The van der Waals surface area contributed by atoms with Gasteiger partial charge >= 0.3 is 0 Å². The quantitative estimate of drug-likeness (QED) is 0.493. The number of rotatable bonds is 6. The van der Waals surface area contributed by atoms with Gasteiger partial charge in [-0.3, -0.25) is 4.79 Å². The van der Waals surface area contributed by atoms with E-state index in [0.29, 0.717) is 5.56 Å². The van der Waals surface area contributed by atoms with Gasteiger partial charge in [-0.2, -0.15) is 0 Å². The van der Waals surface area contributed by atoms with Crippen molar-refractivity contribution in [1.29, 1.82) is 0 Å². The molecule has 0 N–H and O–H groups in total. The number of ketones is 1. The van der Waals surface area contributed by atoms with Gasteiger partial charge in [0.25, 0.3) is 0 Å². The summed E-state index contributed by atoms with van der Waals surface area (Å²) in [6.45, 7) is 1.89. The maximum absolute atomic E-state index is 12.6. The van der Waals surface area contributed by atoms with Crippen LogP contribution in [0.15, 0.2) is 46.9 Å². The third kappa shape index (κ3) is 3.37. The Morgan fingerprint density at radius 2 is 2.00 bits per heavy atom. The largest absolute Gasteiger partial charge is 0.497 e. The van der Waals surface area contributed by atoms with E-state index in [-0.39, 0.29) is 11.0 Å². The number of hydrogen-bond donors (Lipinski definition) is 0. The van der Waals surface area contributed by atoms with Gasteiger partial charge in [0.2, 0.25) is 0 Å². The molecule has 0 fully saturated rings. The van der Waals surface area contributed by atoms with Gasteiger partial charge in [-0.25, -0.2) is 0 Å². The van der Waals surface area contributed by atoms with Gasteiger partial charge in [-0.05, 0) is 42.6 Å². The fraction of sp³-hybridized carbons (Fsp3) is 0.235. The van der Waals surface area contributed by atoms with E-state index in [1.807, 2.05) is 36.1 Å². The highest BCUT2D eigenvalue weighted by atomic mass is 32.2. The molecule has 2 aromatic heterocycles. The van der Waals surface area contributed by atoms with Gasteiger partial charge in [0, 0.05) is 12.6 Å². The lowest BCUT2D eigenvalue weighted by atomic mass is 10.1. The average molecular weight is 359 g/mol. The molecule has 0 aliphatic heterocycles. The number of carbonyl (C=O) groups excluding carboxylic acids is 1. The molecule has 7 heteroatoms. The summed E-state index contributed by atoms with van der Waals surface area (Å²) in [5.74, 6) is 1.61. The number of methoxy groups -OCH3 is 1. The van der Waals surface area contributed by atoms with E-state index >= 15 is 0 Å². The zero-order valence-electron chi connectivity index (χ0n) is 13.6. The molecule has 0 radical (unpaired) electrons. The minimum atomic E-state index is -0.252. The molecule has 1 aromatic carbocycles. The number of thiophene rings is 1. The van der Waals surface area contributed by atoms with Crippen molar-refractivity contribution in [2.75, 3.05) is 7.11 Å². The summed E-state index contributed by atoms with van der Waals surface area (Å²) in [5, 5.41) is 10.9. The van der Waals surface area contributed by atoms with Gasteiger partial charge in [0.1, 0.15) is 5.75 Å². The minimum absolute atomic E-state index is 0.0586.